The average molecular weight is 907 g/mol. The van der Waals surface area contributed by atoms with Crippen LogP contribution in [0.15, 0.2) is 30.4 Å². The normalized spacial score (nSPS) is 29.1. The molecule has 2 saturated carbocycles. The zero-order valence-corrected chi connectivity index (χ0v) is 38.9. The Bertz CT molecular complexity index is 2270. The minimum absolute atomic E-state index is 0.0387. The summed E-state index contributed by atoms with van der Waals surface area (Å²) >= 11 is 0. The quantitative estimate of drug-likeness (QED) is 0.290. The molecule has 16 nitrogen and oxygen atoms in total. The van der Waals surface area contributed by atoms with E-state index < -0.39 is 73.3 Å². The monoisotopic (exact) mass is 906 g/mol. The van der Waals surface area contributed by atoms with E-state index in [-0.39, 0.29) is 19.4 Å². The van der Waals surface area contributed by atoms with Gasteiger partial charge in [0.15, 0.2) is 0 Å². The highest BCUT2D eigenvalue weighted by atomic mass is 32.2. The smallest absolute Gasteiger partial charge is 0.408 e. The van der Waals surface area contributed by atoms with Crippen LogP contribution in [0.2, 0.25) is 0 Å². The number of carbonyl (C=O) groups excluding carboxylic acids is 4. The van der Waals surface area contributed by atoms with Crippen molar-refractivity contribution in [2.24, 2.45) is 5.92 Å². The number of morpholine rings is 1. The molecule has 1 aromatic heterocycles. The van der Waals surface area contributed by atoms with Gasteiger partial charge in [0.25, 0.3) is 5.91 Å². The topological polar surface area (TPSA) is 195 Å². The van der Waals surface area contributed by atoms with Crippen LogP contribution in [-0.4, -0.2) is 127 Å². The molecule has 2 aromatic rings. The highest BCUT2D eigenvalue weighted by molar-refractivity contribution is 7.91. The van der Waals surface area contributed by atoms with Crippen LogP contribution in [0.25, 0.3) is 10.9 Å². The largest absolute Gasteiger partial charge is 0.492 e. The molecule has 4 amide bonds. The Balaban J connectivity index is 1.11. The molecule has 350 valence electrons. The Morgan fingerprint density at radius 3 is 2.53 bits per heavy atom. The highest BCUT2D eigenvalue weighted by Gasteiger charge is 2.59. The van der Waals surface area contributed by atoms with Crippen LogP contribution < -0.4 is 24.8 Å². The van der Waals surface area contributed by atoms with Gasteiger partial charge in [-0.1, -0.05) is 31.9 Å². The minimum atomic E-state index is -4.02. The van der Waals surface area contributed by atoms with Crippen molar-refractivity contribution < 1.29 is 46.5 Å². The molecule has 2 saturated heterocycles. The van der Waals surface area contributed by atoms with Gasteiger partial charge in [0, 0.05) is 42.9 Å². The van der Waals surface area contributed by atoms with E-state index in [1.165, 1.54) is 4.90 Å². The number of aryl methyl sites for hydroxylation is 2. The Labute approximate surface area is 377 Å². The van der Waals surface area contributed by atoms with Gasteiger partial charge >= 0.3 is 6.09 Å². The number of hydrogen-bond donors (Lipinski definition) is 3. The second-order valence-electron chi connectivity index (χ2n) is 19.9. The van der Waals surface area contributed by atoms with Gasteiger partial charge in [-0.25, -0.2) is 18.2 Å². The molecule has 1 spiro atoms. The maximum Gasteiger partial charge on any atom is 0.408 e. The summed E-state index contributed by atoms with van der Waals surface area (Å²) in [5, 5.41) is 6.79. The van der Waals surface area contributed by atoms with Crippen LogP contribution in [-0.2, 0) is 46.7 Å². The molecule has 0 unspecified atom stereocenters. The molecule has 3 N–H and O–H groups in total. The summed E-state index contributed by atoms with van der Waals surface area (Å²) in [6.07, 6.45) is 9.78. The molecule has 2 aliphatic carbocycles. The van der Waals surface area contributed by atoms with Gasteiger partial charge in [0.05, 0.1) is 35.7 Å². The first-order valence-corrected chi connectivity index (χ1v) is 24.8. The van der Waals surface area contributed by atoms with Crippen LogP contribution in [0.3, 0.4) is 0 Å². The number of rotatable bonds is 9. The first-order chi connectivity index (χ1) is 30.4. The number of sulfonamides is 1. The Hall–Kier alpha value is -4.48. The Kier molecular flexibility index (Phi) is 13.0. The van der Waals surface area contributed by atoms with Gasteiger partial charge < -0.3 is 34.5 Å². The van der Waals surface area contributed by atoms with Crippen molar-refractivity contribution >= 4 is 44.7 Å². The predicted octanol–water partition coefficient (Wildman–Crippen LogP) is 4.85. The SMILES string of the molecule is CCc1nc2ccc(OCCN3CCOCC3)cc2c2c1O[C@]1(CC2)C[C@H]2C(=O)N[C@]3(C(=O)NS(=O)(=O)C4(C)CC4)CC[C@H]3/C=C\CCCCC[C@H](NC(=O)OC(C)(C)C)C(=O)N2C1. The zero-order chi connectivity index (χ0) is 45.5. The number of benzene rings is 1. The number of fused-ring (bicyclic) bond motifs is 5. The Morgan fingerprint density at radius 2 is 1.83 bits per heavy atom. The maximum absolute atomic E-state index is 15.0. The van der Waals surface area contributed by atoms with E-state index in [1.54, 1.807) is 27.7 Å². The highest BCUT2D eigenvalue weighted by Crippen LogP contribution is 2.47. The van der Waals surface area contributed by atoms with Crippen LogP contribution in [0.1, 0.15) is 117 Å². The maximum atomic E-state index is 15.0. The molecule has 8 rings (SSSR count). The summed E-state index contributed by atoms with van der Waals surface area (Å²) in [6.45, 7) is 13.4. The van der Waals surface area contributed by atoms with E-state index in [2.05, 4.69) is 20.3 Å². The third-order valence-corrected chi connectivity index (χ3v) is 16.3. The Morgan fingerprint density at radius 1 is 1.05 bits per heavy atom. The van der Waals surface area contributed by atoms with Crippen LogP contribution in [0, 0.1) is 5.92 Å². The third-order valence-electron chi connectivity index (χ3n) is 14.1. The molecule has 6 aliphatic rings. The van der Waals surface area contributed by atoms with Crippen molar-refractivity contribution in [2.75, 3.05) is 46.0 Å². The number of pyridine rings is 1. The molecule has 64 heavy (non-hydrogen) atoms. The van der Waals surface area contributed by atoms with Crippen molar-refractivity contribution in [3.63, 3.8) is 0 Å². The lowest BCUT2D eigenvalue weighted by molar-refractivity contribution is -0.144. The fourth-order valence-corrected chi connectivity index (χ4v) is 11.2. The van der Waals surface area contributed by atoms with Crippen LogP contribution >= 0.6 is 0 Å². The zero-order valence-electron chi connectivity index (χ0n) is 38.1. The number of nitrogens with zero attached hydrogens (tertiary/aromatic N) is 3. The molecule has 5 heterocycles. The molecular formula is C47H66N6O10S. The van der Waals surface area contributed by atoms with Crippen molar-refractivity contribution in [1.82, 2.24) is 30.1 Å². The van der Waals surface area contributed by atoms with Crippen LogP contribution in [0.5, 0.6) is 11.5 Å². The minimum Gasteiger partial charge on any atom is -0.492 e. The summed E-state index contributed by atoms with van der Waals surface area (Å²) in [6, 6.07) is 3.81. The molecule has 0 radical (unpaired) electrons. The van der Waals surface area contributed by atoms with E-state index in [1.807, 2.05) is 37.3 Å². The average Bonchev–Trinajstić information content (AvgIpc) is 3.91. The lowest BCUT2D eigenvalue weighted by Gasteiger charge is -2.48. The predicted molar refractivity (Wildman–Crippen MR) is 239 cm³/mol. The molecule has 0 bridgehead atoms. The lowest BCUT2D eigenvalue weighted by atomic mass is 9.65. The molecular weight excluding hydrogens is 841 g/mol. The third kappa shape index (κ3) is 9.58. The van der Waals surface area contributed by atoms with E-state index in [9.17, 15) is 22.8 Å². The van der Waals surface area contributed by atoms with E-state index in [0.29, 0.717) is 70.1 Å². The van der Waals surface area contributed by atoms with Gasteiger partial charge in [0.2, 0.25) is 21.8 Å². The number of aromatic nitrogens is 1. The summed E-state index contributed by atoms with van der Waals surface area (Å²) < 4.78 is 52.6. The van der Waals surface area contributed by atoms with E-state index >= 15 is 4.79 Å². The number of ether oxygens (including phenoxy) is 4. The standard InChI is InChI=1S/C47H66N6O10S/c1-6-35-39-33(34-28-32(14-15-36(34)48-35)61-27-24-52-22-25-60-26-23-52)17-18-46(62-39)29-38-40(54)50-47(42(56)51-64(58,59)45(5)20-21-45)19-16-31(47)12-10-8-7-9-11-13-37(41(55)53(38)30-46)49-43(57)63-44(2,3)4/h10,12,14-15,28,31,37-38H,6-9,11,13,16-27,29-30H2,1-5H3,(H,49,57)(H,50,54)(H,51,56)/b12-10-/t31-,37+,38+,46-,47-/m1/s1. The molecule has 4 fully saturated rings. The van der Waals surface area contributed by atoms with Crippen molar-refractivity contribution in [2.45, 2.75) is 152 Å². The van der Waals surface area contributed by atoms with Gasteiger partial charge in [-0.3, -0.25) is 24.0 Å². The molecule has 5 atom stereocenters. The summed E-state index contributed by atoms with van der Waals surface area (Å²) in [4.78, 5) is 66.4. The van der Waals surface area contributed by atoms with Gasteiger partial charge in [0.1, 0.15) is 46.9 Å². The van der Waals surface area contributed by atoms with Gasteiger partial charge in [-0.2, -0.15) is 0 Å². The number of allylic oxidation sites excluding steroid dienone is 1. The fourth-order valence-electron chi connectivity index (χ4n) is 9.84. The second-order valence-corrected chi connectivity index (χ2v) is 22.1. The lowest BCUT2D eigenvalue weighted by Crippen LogP contribution is -2.70. The van der Waals surface area contributed by atoms with Crippen LogP contribution in [0.4, 0.5) is 4.79 Å². The number of alkyl carbamates (subject to hydrolysis) is 1. The molecule has 1 aromatic carbocycles. The second kappa shape index (κ2) is 18.1. The summed E-state index contributed by atoms with van der Waals surface area (Å²) in [7, 11) is -4.02. The number of carbonyl (C=O) groups is 4. The summed E-state index contributed by atoms with van der Waals surface area (Å²) in [5.41, 5.74) is -0.808. The van der Waals surface area contributed by atoms with Gasteiger partial charge in [-0.05, 0) is 110 Å². The first-order valence-electron chi connectivity index (χ1n) is 23.4. The summed E-state index contributed by atoms with van der Waals surface area (Å²) in [5.74, 6) is -0.906. The number of amides is 4. The number of nitrogens with one attached hydrogen (secondary N) is 3. The van der Waals surface area contributed by atoms with Crippen molar-refractivity contribution in [1.29, 1.82) is 0 Å². The molecule has 17 heteroatoms. The van der Waals surface area contributed by atoms with Crippen molar-refractivity contribution in [3.8, 4) is 11.5 Å². The van der Waals surface area contributed by atoms with E-state index in [4.69, 9.17) is 23.9 Å². The first kappa shape index (κ1) is 46.1. The van der Waals surface area contributed by atoms with Crippen molar-refractivity contribution in [3.05, 3.63) is 41.6 Å². The van der Waals surface area contributed by atoms with E-state index in [0.717, 1.165) is 73.6 Å². The number of hydrogen-bond acceptors (Lipinski definition) is 12. The molecule has 4 aliphatic heterocycles. The van der Waals surface area contributed by atoms with Gasteiger partial charge in [-0.15, -0.1) is 0 Å². The fraction of sp³-hybridized carbons (Fsp3) is 0.681.